The van der Waals surface area contributed by atoms with Crippen molar-refractivity contribution in [2.45, 2.75) is 32.8 Å². The summed E-state index contributed by atoms with van der Waals surface area (Å²) in [6, 6.07) is 5.89. The number of carbonyl (C=O) groups excluding carboxylic acids is 1. The van der Waals surface area contributed by atoms with Gasteiger partial charge in [0.2, 0.25) is 0 Å². The first-order chi connectivity index (χ1) is 10.4. The molecule has 0 aromatic heterocycles. The first kappa shape index (κ1) is 16.6. The number of aryl methyl sites for hydroxylation is 1. The van der Waals surface area contributed by atoms with Crippen LogP contribution in [0.2, 0.25) is 0 Å². The van der Waals surface area contributed by atoms with Crippen LogP contribution in [0.25, 0.3) is 0 Å². The highest BCUT2D eigenvalue weighted by molar-refractivity contribution is 5.89. The van der Waals surface area contributed by atoms with Crippen LogP contribution in [0.3, 0.4) is 0 Å². The third kappa shape index (κ3) is 3.91. The molecule has 2 amide bonds. The fourth-order valence-electron chi connectivity index (χ4n) is 3.02. The van der Waals surface area contributed by atoms with Gasteiger partial charge < -0.3 is 20.2 Å². The van der Waals surface area contributed by atoms with E-state index < -0.39 is 0 Å². The highest BCUT2D eigenvalue weighted by Gasteiger charge is 2.25. The van der Waals surface area contributed by atoms with Gasteiger partial charge in [0.05, 0.1) is 6.10 Å². The van der Waals surface area contributed by atoms with Gasteiger partial charge in [0.15, 0.2) is 0 Å². The van der Waals surface area contributed by atoms with Crippen molar-refractivity contribution in [3.05, 3.63) is 23.8 Å². The Balaban J connectivity index is 1.94. The minimum atomic E-state index is -0.286. The van der Waals surface area contributed by atoms with Gasteiger partial charge in [-0.25, -0.2) is 4.79 Å². The fraction of sp³-hybridized carbons (Fsp3) is 0.588. The van der Waals surface area contributed by atoms with Crippen molar-refractivity contribution in [3.63, 3.8) is 0 Å². The molecule has 5 heteroatoms. The Bertz CT molecular complexity index is 521. The number of anilines is 2. The molecule has 1 aliphatic rings. The van der Waals surface area contributed by atoms with Crippen LogP contribution in [0.1, 0.15) is 25.3 Å². The van der Waals surface area contributed by atoms with E-state index in [-0.39, 0.29) is 12.1 Å². The Morgan fingerprint density at radius 2 is 2.00 bits per heavy atom. The predicted molar refractivity (Wildman–Crippen MR) is 90.5 cm³/mol. The average Bonchev–Trinajstić information content (AvgIpc) is 2.47. The zero-order valence-electron chi connectivity index (χ0n) is 14.0. The lowest BCUT2D eigenvalue weighted by molar-refractivity contribution is 0.0820. The quantitative estimate of drug-likeness (QED) is 0.903. The number of carbonyl (C=O) groups is 1. The molecule has 2 N–H and O–H groups in total. The number of aliphatic hydroxyl groups is 1. The molecule has 1 atom stereocenters. The topological polar surface area (TPSA) is 55.8 Å². The van der Waals surface area contributed by atoms with E-state index in [0.717, 1.165) is 29.8 Å². The maximum Gasteiger partial charge on any atom is 0.321 e. The van der Waals surface area contributed by atoms with E-state index in [0.29, 0.717) is 19.0 Å². The van der Waals surface area contributed by atoms with E-state index in [1.165, 1.54) is 0 Å². The monoisotopic (exact) mass is 305 g/mol. The van der Waals surface area contributed by atoms with E-state index in [1.54, 1.807) is 0 Å². The fourth-order valence-corrected chi connectivity index (χ4v) is 3.02. The van der Waals surface area contributed by atoms with Gasteiger partial charge in [-0.3, -0.25) is 0 Å². The third-order valence-electron chi connectivity index (χ3n) is 4.44. The highest BCUT2D eigenvalue weighted by Crippen LogP contribution is 2.24. The molecule has 1 aliphatic heterocycles. The number of nitrogens with zero attached hydrogens (tertiary/aromatic N) is 2. The molecule has 0 saturated carbocycles. The van der Waals surface area contributed by atoms with Crippen LogP contribution in [-0.4, -0.2) is 49.3 Å². The Morgan fingerprint density at radius 1 is 1.36 bits per heavy atom. The second-order valence-electron chi connectivity index (χ2n) is 6.39. The van der Waals surface area contributed by atoms with Gasteiger partial charge in [0, 0.05) is 38.6 Å². The molecule has 2 rings (SSSR count). The zero-order valence-corrected chi connectivity index (χ0v) is 14.0. The summed E-state index contributed by atoms with van der Waals surface area (Å²) >= 11 is 0. The Hall–Kier alpha value is -1.75. The van der Waals surface area contributed by atoms with Crippen molar-refractivity contribution in [2.75, 3.05) is 37.4 Å². The van der Waals surface area contributed by atoms with Gasteiger partial charge in [-0.05, 0) is 56.4 Å². The van der Waals surface area contributed by atoms with E-state index in [1.807, 2.05) is 51.0 Å². The summed E-state index contributed by atoms with van der Waals surface area (Å²) in [5.74, 6) is 0.311. The molecule has 0 spiro atoms. The van der Waals surface area contributed by atoms with Crippen LogP contribution >= 0.6 is 0 Å². The van der Waals surface area contributed by atoms with Crippen LogP contribution in [0.4, 0.5) is 16.2 Å². The number of piperidine rings is 1. The van der Waals surface area contributed by atoms with Crippen LogP contribution in [0, 0.1) is 12.8 Å². The number of hydrogen-bond acceptors (Lipinski definition) is 3. The summed E-state index contributed by atoms with van der Waals surface area (Å²) in [5, 5.41) is 12.6. The van der Waals surface area contributed by atoms with Crippen molar-refractivity contribution < 1.29 is 9.90 Å². The molecule has 0 bridgehead atoms. The van der Waals surface area contributed by atoms with Crippen molar-refractivity contribution in [1.29, 1.82) is 0 Å². The smallest absolute Gasteiger partial charge is 0.321 e. The Morgan fingerprint density at radius 3 is 2.50 bits per heavy atom. The molecular weight excluding hydrogens is 278 g/mol. The number of rotatable bonds is 3. The summed E-state index contributed by atoms with van der Waals surface area (Å²) in [4.78, 5) is 16.2. The first-order valence-electron chi connectivity index (χ1n) is 7.90. The number of hydrogen-bond donors (Lipinski definition) is 2. The van der Waals surface area contributed by atoms with E-state index >= 15 is 0 Å². The standard InChI is InChI=1S/C17H27N3O2/c1-12-11-15(5-6-16(12)19(3)4)18-17(22)20-9-7-14(8-10-20)13(2)21/h5-6,11,13-14,21H,7-10H2,1-4H3,(H,18,22). The third-order valence-corrected chi connectivity index (χ3v) is 4.44. The molecule has 5 nitrogen and oxygen atoms in total. The van der Waals surface area contributed by atoms with Gasteiger partial charge in [0.25, 0.3) is 0 Å². The molecule has 1 aromatic rings. The van der Waals surface area contributed by atoms with Crippen molar-refractivity contribution in [1.82, 2.24) is 4.90 Å². The first-order valence-corrected chi connectivity index (χ1v) is 7.90. The summed E-state index contributed by atoms with van der Waals surface area (Å²) in [6.07, 6.45) is 1.44. The number of benzene rings is 1. The molecule has 122 valence electrons. The average molecular weight is 305 g/mol. The minimum Gasteiger partial charge on any atom is -0.393 e. The minimum absolute atomic E-state index is 0.0546. The van der Waals surface area contributed by atoms with E-state index in [4.69, 9.17) is 0 Å². The lowest BCUT2D eigenvalue weighted by Gasteiger charge is -2.33. The summed E-state index contributed by atoms with van der Waals surface area (Å²) in [6.45, 7) is 5.28. The van der Waals surface area contributed by atoms with Gasteiger partial charge in [-0.1, -0.05) is 0 Å². The van der Waals surface area contributed by atoms with Gasteiger partial charge in [0.1, 0.15) is 0 Å². The lowest BCUT2D eigenvalue weighted by atomic mass is 9.92. The molecule has 22 heavy (non-hydrogen) atoms. The van der Waals surface area contributed by atoms with Crippen molar-refractivity contribution in [3.8, 4) is 0 Å². The van der Waals surface area contributed by atoms with E-state index in [2.05, 4.69) is 10.2 Å². The van der Waals surface area contributed by atoms with Gasteiger partial charge >= 0.3 is 6.03 Å². The van der Waals surface area contributed by atoms with Crippen LogP contribution in [-0.2, 0) is 0 Å². The van der Waals surface area contributed by atoms with E-state index in [9.17, 15) is 9.90 Å². The molecule has 1 aromatic carbocycles. The molecule has 1 heterocycles. The van der Waals surface area contributed by atoms with Crippen LogP contribution < -0.4 is 10.2 Å². The highest BCUT2D eigenvalue weighted by atomic mass is 16.3. The number of amides is 2. The van der Waals surface area contributed by atoms with Crippen LogP contribution in [0.15, 0.2) is 18.2 Å². The molecule has 1 unspecified atom stereocenters. The normalized spacial score (nSPS) is 17.2. The zero-order chi connectivity index (χ0) is 16.3. The molecule has 1 saturated heterocycles. The van der Waals surface area contributed by atoms with Crippen molar-refractivity contribution in [2.24, 2.45) is 5.92 Å². The predicted octanol–water partition coefficient (Wildman–Crippen LogP) is 2.69. The maximum atomic E-state index is 12.3. The van der Waals surface area contributed by atoms with Crippen molar-refractivity contribution >= 4 is 17.4 Å². The second-order valence-corrected chi connectivity index (χ2v) is 6.39. The van der Waals surface area contributed by atoms with Gasteiger partial charge in [-0.2, -0.15) is 0 Å². The maximum absolute atomic E-state index is 12.3. The Kier molecular flexibility index (Phi) is 5.29. The van der Waals surface area contributed by atoms with Gasteiger partial charge in [-0.15, -0.1) is 0 Å². The molecular formula is C17H27N3O2. The number of aliphatic hydroxyl groups excluding tert-OH is 1. The number of nitrogens with one attached hydrogen (secondary N) is 1. The molecule has 1 fully saturated rings. The molecule has 0 radical (unpaired) electrons. The second kappa shape index (κ2) is 7.01. The number of likely N-dealkylation sites (tertiary alicyclic amines) is 1. The Labute approximate surface area is 132 Å². The van der Waals surface area contributed by atoms with Crippen LogP contribution in [0.5, 0.6) is 0 Å². The largest absolute Gasteiger partial charge is 0.393 e. The number of urea groups is 1. The SMILES string of the molecule is Cc1cc(NC(=O)N2CCC(C(C)O)CC2)ccc1N(C)C. The summed E-state index contributed by atoms with van der Waals surface area (Å²) < 4.78 is 0. The lowest BCUT2D eigenvalue weighted by Crippen LogP contribution is -2.42. The summed E-state index contributed by atoms with van der Waals surface area (Å²) in [5.41, 5.74) is 3.11. The summed E-state index contributed by atoms with van der Waals surface area (Å²) in [7, 11) is 4.01. The molecule has 0 aliphatic carbocycles.